The summed E-state index contributed by atoms with van der Waals surface area (Å²) in [4.78, 5) is 11.9. The molecular formula is C17H23ClN2O2. The van der Waals surface area contributed by atoms with E-state index in [-0.39, 0.29) is 18.8 Å². The van der Waals surface area contributed by atoms with Crippen molar-refractivity contribution in [1.82, 2.24) is 10.6 Å². The van der Waals surface area contributed by atoms with E-state index in [2.05, 4.69) is 17.6 Å². The SMILES string of the molecule is CC(NC(=O)NCOc1ccc(Cl)cc1)C1CC2CCC1C2. The van der Waals surface area contributed by atoms with Crippen molar-refractivity contribution in [3.8, 4) is 5.75 Å². The van der Waals surface area contributed by atoms with Crippen molar-refractivity contribution in [1.29, 1.82) is 0 Å². The van der Waals surface area contributed by atoms with Gasteiger partial charge in [-0.25, -0.2) is 4.79 Å². The molecule has 2 aliphatic rings. The zero-order chi connectivity index (χ0) is 15.5. The number of hydrogen-bond donors (Lipinski definition) is 2. The monoisotopic (exact) mass is 322 g/mol. The first kappa shape index (κ1) is 15.5. The molecule has 2 amide bonds. The Hall–Kier alpha value is -1.42. The van der Waals surface area contributed by atoms with Gasteiger partial charge in [0.25, 0.3) is 0 Å². The van der Waals surface area contributed by atoms with E-state index >= 15 is 0 Å². The molecular weight excluding hydrogens is 300 g/mol. The van der Waals surface area contributed by atoms with E-state index in [1.807, 2.05) is 0 Å². The fourth-order valence-electron chi connectivity index (χ4n) is 3.99. The molecule has 0 heterocycles. The van der Waals surface area contributed by atoms with Crippen LogP contribution in [0, 0.1) is 17.8 Å². The van der Waals surface area contributed by atoms with Gasteiger partial charge in [-0.3, -0.25) is 0 Å². The lowest BCUT2D eigenvalue weighted by Gasteiger charge is -2.28. The van der Waals surface area contributed by atoms with Gasteiger partial charge in [-0.1, -0.05) is 18.0 Å². The van der Waals surface area contributed by atoms with Gasteiger partial charge in [-0.05, 0) is 68.2 Å². The number of carbonyl (C=O) groups is 1. The van der Waals surface area contributed by atoms with Gasteiger partial charge in [0, 0.05) is 11.1 Å². The van der Waals surface area contributed by atoms with Crippen LogP contribution in [0.15, 0.2) is 24.3 Å². The molecule has 22 heavy (non-hydrogen) atoms. The lowest BCUT2D eigenvalue weighted by molar-refractivity contribution is 0.208. The van der Waals surface area contributed by atoms with Gasteiger partial charge in [0.15, 0.2) is 6.73 Å². The standard InChI is InChI=1S/C17H23ClN2O2/c1-11(16-9-12-2-3-13(16)8-12)20-17(21)19-10-22-15-6-4-14(18)5-7-15/h4-7,11-13,16H,2-3,8-10H2,1H3,(H2,19,20,21). The van der Waals surface area contributed by atoms with E-state index in [1.165, 1.54) is 25.7 Å². The number of ether oxygens (including phenoxy) is 1. The molecule has 5 heteroatoms. The topological polar surface area (TPSA) is 50.4 Å². The minimum atomic E-state index is -0.163. The van der Waals surface area contributed by atoms with Crippen molar-refractivity contribution >= 4 is 17.6 Å². The third kappa shape index (κ3) is 3.67. The highest BCUT2D eigenvalue weighted by Crippen LogP contribution is 2.49. The first-order valence-electron chi connectivity index (χ1n) is 8.04. The second kappa shape index (κ2) is 6.78. The summed E-state index contributed by atoms with van der Waals surface area (Å²) in [5, 5.41) is 6.45. The first-order chi connectivity index (χ1) is 10.6. The van der Waals surface area contributed by atoms with E-state index in [1.54, 1.807) is 24.3 Å². The summed E-state index contributed by atoms with van der Waals surface area (Å²) in [5.41, 5.74) is 0. The summed E-state index contributed by atoms with van der Waals surface area (Å²) >= 11 is 5.81. The molecule has 2 N–H and O–H groups in total. The van der Waals surface area contributed by atoms with Crippen molar-refractivity contribution in [2.24, 2.45) is 17.8 Å². The van der Waals surface area contributed by atoms with Crippen LogP contribution in [-0.2, 0) is 0 Å². The molecule has 1 aromatic carbocycles. The maximum atomic E-state index is 11.9. The van der Waals surface area contributed by atoms with Crippen LogP contribution in [0.4, 0.5) is 4.79 Å². The fraction of sp³-hybridized carbons (Fsp3) is 0.588. The molecule has 4 unspecified atom stereocenters. The zero-order valence-electron chi connectivity index (χ0n) is 12.8. The number of urea groups is 1. The third-order valence-electron chi connectivity index (χ3n) is 5.08. The molecule has 2 fully saturated rings. The molecule has 2 bridgehead atoms. The Balaban J connectivity index is 1.38. The quantitative estimate of drug-likeness (QED) is 0.810. The average molecular weight is 323 g/mol. The second-order valence-electron chi connectivity index (χ2n) is 6.52. The van der Waals surface area contributed by atoms with Gasteiger partial charge < -0.3 is 15.4 Å². The third-order valence-corrected chi connectivity index (χ3v) is 5.33. The summed E-state index contributed by atoms with van der Waals surface area (Å²) in [5.74, 6) is 3.04. The Bertz CT molecular complexity index is 520. The summed E-state index contributed by atoms with van der Waals surface area (Å²) in [6.45, 7) is 2.27. The normalized spacial score (nSPS) is 27.5. The smallest absolute Gasteiger partial charge is 0.317 e. The van der Waals surface area contributed by atoms with Gasteiger partial charge in [-0.2, -0.15) is 0 Å². The molecule has 120 valence electrons. The molecule has 0 radical (unpaired) electrons. The highest BCUT2D eigenvalue weighted by molar-refractivity contribution is 6.30. The zero-order valence-corrected chi connectivity index (χ0v) is 13.6. The van der Waals surface area contributed by atoms with Crippen LogP contribution in [0.25, 0.3) is 0 Å². The second-order valence-corrected chi connectivity index (χ2v) is 6.96. The number of halogens is 1. The summed E-state index contributed by atoms with van der Waals surface area (Å²) in [6.07, 6.45) is 5.35. The number of carbonyl (C=O) groups excluding carboxylic acids is 1. The number of nitrogens with one attached hydrogen (secondary N) is 2. The molecule has 0 saturated heterocycles. The molecule has 4 atom stereocenters. The number of amides is 2. The lowest BCUT2D eigenvalue weighted by atomic mass is 9.84. The van der Waals surface area contributed by atoms with Gasteiger partial charge in [0.1, 0.15) is 5.75 Å². The van der Waals surface area contributed by atoms with E-state index in [9.17, 15) is 4.79 Å². The Morgan fingerprint density at radius 1 is 1.32 bits per heavy atom. The van der Waals surface area contributed by atoms with E-state index in [4.69, 9.17) is 16.3 Å². The molecule has 4 nitrogen and oxygen atoms in total. The summed E-state index contributed by atoms with van der Waals surface area (Å²) < 4.78 is 5.46. The Morgan fingerprint density at radius 2 is 2.09 bits per heavy atom. The Morgan fingerprint density at radius 3 is 2.73 bits per heavy atom. The van der Waals surface area contributed by atoms with Gasteiger partial charge >= 0.3 is 6.03 Å². The maximum absolute atomic E-state index is 11.9. The molecule has 0 aliphatic heterocycles. The van der Waals surface area contributed by atoms with Crippen LogP contribution in [-0.4, -0.2) is 18.8 Å². The Kier molecular flexibility index (Phi) is 4.77. The summed E-state index contributed by atoms with van der Waals surface area (Å²) in [6, 6.07) is 7.14. The Labute approximate surface area is 136 Å². The fourth-order valence-corrected chi connectivity index (χ4v) is 4.11. The van der Waals surface area contributed by atoms with Gasteiger partial charge in [-0.15, -0.1) is 0 Å². The van der Waals surface area contributed by atoms with Gasteiger partial charge in [0.05, 0.1) is 0 Å². The number of rotatable bonds is 5. The van der Waals surface area contributed by atoms with Crippen LogP contribution < -0.4 is 15.4 Å². The van der Waals surface area contributed by atoms with Crippen LogP contribution in [0.2, 0.25) is 5.02 Å². The van der Waals surface area contributed by atoms with Gasteiger partial charge in [0.2, 0.25) is 0 Å². The van der Waals surface area contributed by atoms with Crippen molar-refractivity contribution in [2.45, 2.75) is 38.6 Å². The van der Waals surface area contributed by atoms with E-state index in [0.29, 0.717) is 16.7 Å². The molecule has 1 aromatic rings. The minimum Gasteiger partial charge on any atom is -0.473 e. The van der Waals surface area contributed by atoms with Crippen LogP contribution in [0.3, 0.4) is 0 Å². The highest BCUT2D eigenvalue weighted by atomic mass is 35.5. The predicted molar refractivity (Wildman–Crippen MR) is 87.0 cm³/mol. The van der Waals surface area contributed by atoms with Crippen LogP contribution in [0.5, 0.6) is 5.75 Å². The van der Waals surface area contributed by atoms with Crippen molar-refractivity contribution in [2.75, 3.05) is 6.73 Å². The van der Waals surface area contributed by atoms with Crippen molar-refractivity contribution < 1.29 is 9.53 Å². The predicted octanol–water partition coefficient (Wildman–Crippen LogP) is 3.80. The summed E-state index contributed by atoms with van der Waals surface area (Å²) in [7, 11) is 0. The van der Waals surface area contributed by atoms with Crippen LogP contribution >= 0.6 is 11.6 Å². The number of hydrogen-bond acceptors (Lipinski definition) is 2. The van der Waals surface area contributed by atoms with E-state index < -0.39 is 0 Å². The van der Waals surface area contributed by atoms with Crippen molar-refractivity contribution in [3.63, 3.8) is 0 Å². The van der Waals surface area contributed by atoms with E-state index in [0.717, 1.165) is 11.8 Å². The first-order valence-corrected chi connectivity index (χ1v) is 8.42. The van der Waals surface area contributed by atoms with Crippen LogP contribution in [0.1, 0.15) is 32.6 Å². The lowest BCUT2D eigenvalue weighted by Crippen LogP contribution is -2.46. The highest BCUT2D eigenvalue weighted by Gasteiger charge is 2.42. The largest absolute Gasteiger partial charge is 0.473 e. The molecule has 2 saturated carbocycles. The maximum Gasteiger partial charge on any atom is 0.317 e. The molecule has 0 spiro atoms. The number of fused-ring (bicyclic) bond motifs is 2. The molecule has 0 aromatic heterocycles. The molecule has 2 aliphatic carbocycles. The molecule has 3 rings (SSSR count). The van der Waals surface area contributed by atoms with Crippen molar-refractivity contribution in [3.05, 3.63) is 29.3 Å². The minimum absolute atomic E-state index is 0.150. The number of benzene rings is 1. The average Bonchev–Trinajstić information content (AvgIpc) is 3.12.